The van der Waals surface area contributed by atoms with Crippen molar-refractivity contribution in [2.45, 2.75) is 98.7 Å². The van der Waals surface area contributed by atoms with Gasteiger partial charge < -0.3 is 28.7 Å². The molecule has 0 N–H and O–H groups in total. The van der Waals surface area contributed by atoms with Gasteiger partial charge in [-0.05, 0) is 98.9 Å². The van der Waals surface area contributed by atoms with Crippen LogP contribution in [-0.2, 0) is 35.0 Å². The summed E-state index contributed by atoms with van der Waals surface area (Å²) >= 11 is 1.65. The van der Waals surface area contributed by atoms with Crippen LogP contribution in [0, 0.1) is 11.3 Å². The molecule has 11 heteroatoms. The first kappa shape index (κ1) is 35.4. The molecule has 2 aliphatic rings. The smallest absolute Gasteiger partial charge is 0.410 e. The molecule has 0 saturated carbocycles. The summed E-state index contributed by atoms with van der Waals surface area (Å²) in [5.74, 6) is -0.382. The Hall–Kier alpha value is -2.82. The number of hydrogen-bond acceptors (Lipinski definition) is 9. The Bertz CT molecular complexity index is 1010. The highest BCUT2D eigenvalue weighted by atomic mass is 32.1. The Kier molecular flexibility index (Phi) is 13.1. The molecule has 3 rings (SSSR count). The summed E-state index contributed by atoms with van der Waals surface area (Å²) in [6.07, 6.45) is 2.56. The molecule has 2 aliphatic heterocycles. The van der Waals surface area contributed by atoms with E-state index in [9.17, 15) is 19.2 Å². The van der Waals surface area contributed by atoms with Crippen molar-refractivity contribution in [2.75, 3.05) is 39.4 Å². The monoisotopic (exact) mass is 610 g/mol. The van der Waals surface area contributed by atoms with Crippen molar-refractivity contribution in [3.8, 4) is 0 Å². The van der Waals surface area contributed by atoms with E-state index in [2.05, 4.69) is 0 Å². The van der Waals surface area contributed by atoms with E-state index in [1.165, 1.54) is 4.88 Å². The quantitative estimate of drug-likeness (QED) is 0.282. The van der Waals surface area contributed by atoms with Gasteiger partial charge in [-0.2, -0.15) is 0 Å². The minimum Gasteiger partial charge on any atom is -0.466 e. The molecule has 0 bridgehead atoms. The lowest BCUT2D eigenvalue weighted by atomic mass is 9.75. The summed E-state index contributed by atoms with van der Waals surface area (Å²) in [5.41, 5.74) is -1.53. The summed E-state index contributed by atoms with van der Waals surface area (Å²) in [4.78, 5) is 52.7. The van der Waals surface area contributed by atoms with E-state index < -0.39 is 16.6 Å². The maximum atomic E-state index is 12.6. The summed E-state index contributed by atoms with van der Waals surface area (Å²) in [6.45, 7) is 17.6. The van der Waals surface area contributed by atoms with Gasteiger partial charge in [0.1, 0.15) is 11.2 Å². The number of esters is 2. The molecule has 1 aromatic rings. The van der Waals surface area contributed by atoms with Crippen molar-refractivity contribution < 1.29 is 38.1 Å². The molecule has 42 heavy (non-hydrogen) atoms. The number of ether oxygens (including phenoxy) is 4. The maximum Gasteiger partial charge on any atom is 0.410 e. The molecule has 0 spiro atoms. The Morgan fingerprint density at radius 1 is 0.833 bits per heavy atom. The molecule has 10 nitrogen and oxygen atoms in total. The molecule has 0 atom stereocenters. The van der Waals surface area contributed by atoms with Crippen molar-refractivity contribution in [3.05, 3.63) is 22.4 Å². The predicted octanol–water partition coefficient (Wildman–Crippen LogP) is 6.07. The van der Waals surface area contributed by atoms with E-state index in [0.717, 1.165) is 0 Å². The Morgan fingerprint density at radius 2 is 1.33 bits per heavy atom. The van der Waals surface area contributed by atoms with E-state index in [-0.39, 0.29) is 30.0 Å². The van der Waals surface area contributed by atoms with Crippen LogP contribution < -0.4 is 0 Å². The molecule has 238 valence electrons. The number of carbonyl (C=O) groups is 4. The molecule has 3 heterocycles. The topological polar surface area (TPSA) is 112 Å². The highest BCUT2D eigenvalue weighted by molar-refractivity contribution is 7.09. The normalized spacial score (nSPS) is 17.4. The molecule has 0 unspecified atom stereocenters. The lowest BCUT2D eigenvalue weighted by Gasteiger charge is -2.40. The second kappa shape index (κ2) is 15.6. The van der Waals surface area contributed by atoms with E-state index >= 15 is 0 Å². The van der Waals surface area contributed by atoms with Crippen molar-refractivity contribution in [1.29, 1.82) is 0 Å². The number of nitrogens with zero attached hydrogens (tertiary/aromatic N) is 2. The average Bonchev–Trinajstić information content (AvgIpc) is 3.41. The largest absolute Gasteiger partial charge is 0.466 e. The van der Waals surface area contributed by atoms with Crippen molar-refractivity contribution >= 4 is 35.5 Å². The van der Waals surface area contributed by atoms with Crippen LogP contribution >= 0.6 is 11.3 Å². The highest BCUT2D eigenvalue weighted by Gasteiger charge is 2.44. The Morgan fingerprint density at radius 3 is 1.76 bits per heavy atom. The Balaban J connectivity index is 0.000000307. The van der Waals surface area contributed by atoms with Crippen molar-refractivity contribution in [1.82, 2.24) is 9.80 Å². The van der Waals surface area contributed by atoms with Gasteiger partial charge in [0.15, 0.2) is 0 Å². The lowest BCUT2D eigenvalue weighted by molar-refractivity contribution is -0.158. The molecule has 1 aromatic heterocycles. The molecule has 0 aliphatic carbocycles. The predicted molar refractivity (Wildman–Crippen MR) is 161 cm³/mol. The summed E-state index contributed by atoms with van der Waals surface area (Å²) in [7, 11) is 0. The second-order valence-corrected chi connectivity index (χ2v) is 13.8. The molecule has 2 fully saturated rings. The fourth-order valence-corrected chi connectivity index (χ4v) is 5.66. The first-order valence-corrected chi connectivity index (χ1v) is 15.8. The third-order valence-corrected chi connectivity index (χ3v) is 7.82. The number of thiophene rings is 1. The minimum absolute atomic E-state index is 0.0800. The van der Waals surface area contributed by atoms with Crippen LogP contribution in [0.2, 0.25) is 0 Å². The zero-order chi connectivity index (χ0) is 31.6. The van der Waals surface area contributed by atoms with Crippen LogP contribution in [0.1, 0.15) is 86.0 Å². The highest BCUT2D eigenvalue weighted by Crippen LogP contribution is 2.38. The van der Waals surface area contributed by atoms with Crippen molar-refractivity contribution in [2.24, 2.45) is 11.3 Å². The number of likely N-dealkylation sites (tertiary alicyclic amines) is 2. The van der Waals surface area contributed by atoms with Crippen molar-refractivity contribution in [3.63, 3.8) is 0 Å². The van der Waals surface area contributed by atoms with Crippen LogP contribution in [0.3, 0.4) is 0 Å². The van der Waals surface area contributed by atoms with Gasteiger partial charge in [0.25, 0.3) is 0 Å². The van der Waals surface area contributed by atoms with Crippen LogP contribution in [0.25, 0.3) is 0 Å². The first-order valence-electron chi connectivity index (χ1n) is 14.9. The van der Waals surface area contributed by atoms with Gasteiger partial charge in [-0.15, -0.1) is 11.3 Å². The van der Waals surface area contributed by atoms with Gasteiger partial charge in [0.05, 0.1) is 24.5 Å². The van der Waals surface area contributed by atoms with E-state index in [0.29, 0.717) is 71.5 Å². The number of carbonyl (C=O) groups excluding carboxylic acids is 4. The fourth-order valence-electron chi connectivity index (χ4n) is 4.81. The van der Waals surface area contributed by atoms with E-state index in [1.807, 2.05) is 66.0 Å². The SMILES string of the molecule is CCOC(=O)C1(Cc2cccs2)CCN(C(=O)OC(C)(C)C)CC1.CCOC(=O)C1CCN(C(=O)OC(C)(C)C)CC1. The van der Waals surface area contributed by atoms with Crippen LogP contribution in [-0.4, -0.2) is 84.5 Å². The molecule has 2 saturated heterocycles. The number of amides is 2. The van der Waals surface area contributed by atoms with Gasteiger partial charge in [-0.25, -0.2) is 9.59 Å². The fraction of sp³-hybridized carbons (Fsp3) is 0.742. The van der Waals surface area contributed by atoms with Crippen LogP contribution in [0.5, 0.6) is 0 Å². The first-order chi connectivity index (χ1) is 19.6. The zero-order valence-electron chi connectivity index (χ0n) is 26.7. The third-order valence-electron chi connectivity index (χ3n) is 6.94. The average molecular weight is 611 g/mol. The summed E-state index contributed by atoms with van der Waals surface area (Å²) in [6, 6.07) is 4.04. The maximum absolute atomic E-state index is 12.6. The standard InChI is InChI=1S/C18H27NO4S.C13H23NO4/c1-5-22-15(20)18(13-14-7-6-12-24-14)8-10-19(11-9-18)16(21)23-17(2,3)4;1-5-17-11(15)10-6-8-14(9-7-10)12(16)18-13(2,3)4/h6-7,12H,5,8-11,13H2,1-4H3;10H,5-9H2,1-4H3. The third kappa shape index (κ3) is 11.5. The molecular weight excluding hydrogens is 560 g/mol. The Labute approximate surface area is 255 Å². The number of hydrogen-bond donors (Lipinski definition) is 0. The molecule has 2 amide bonds. The lowest BCUT2D eigenvalue weighted by Crippen LogP contribution is -2.49. The molecular formula is C31H50N2O8S. The van der Waals surface area contributed by atoms with Gasteiger partial charge in [0.2, 0.25) is 0 Å². The summed E-state index contributed by atoms with van der Waals surface area (Å²) in [5, 5.41) is 2.02. The summed E-state index contributed by atoms with van der Waals surface area (Å²) < 4.78 is 21.0. The van der Waals surface area contributed by atoms with E-state index in [1.54, 1.807) is 28.1 Å². The van der Waals surface area contributed by atoms with Crippen LogP contribution in [0.4, 0.5) is 9.59 Å². The number of piperidine rings is 2. The number of rotatable bonds is 6. The minimum atomic E-state index is -0.542. The van der Waals surface area contributed by atoms with Gasteiger partial charge in [-0.3, -0.25) is 9.59 Å². The zero-order valence-corrected chi connectivity index (χ0v) is 27.5. The molecule has 0 aromatic carbocycles. The van der Waals surface area contributed by atoms with Gasteiger partial charge in [-0.1, -0.05) is 6.07 Å². The van der Waals surface area contributed by atoms with Gasteiger partial charge in [0, 0.05) is 31.1 Å². The molecule has 0 radical (unpaired) electrons. The second-order valence-electron chi connectivity index (χ2n) is 12.7. The van der Waals surface area contributed by atoms with Gasteiger partial charge >= 0.3 is 24.1 Å². The van der Waals surface area contributed by atoms with Crippen LogP contribution in [0.15, 0.2) is 17.5 Å². The van der Waals surface area contributed by atoms with E-state index in [4.69, 9.17) is 18.9 Å².